The molecule has 2 aromatic heterocycles. The molecule has 0 saturated carbocycles. The van der Waals surface area contributed by atoms with Crippen LogP contribution in [0.1, 0.15) is 34.2 Å². The molecule has 1 unspecified atom stereocenters. The van der Waals surface area contributed by atoms with Crippen molar-refractivity contribution >= 4 is 76.0 Å². The van der Waals surface area contributed by atoms with Crippen LogP contribution in [0.5, 0.6) is 0 Å². The first kappa shape index (κ1) is 37.3. The summed E-state index contributed by atoms with van der Waals surface area (Å²) < 4.78 is 6.27. The van der Waals surface area contributed by atoms with E-state index < -0.39 is 35.3 Å². The SMILES string of the molecule is C=CCON=C(C(=O)NC1C(=O)N2C(C(=O)OC(c3ccccc3)c3ccccc3)=C(CS/C=C\c3ccc(C)nc3)CS[C@H]12)c1csc(NC=O)n1. The quantitative estimate of drug-likeness (QED) is 0.0276. The van der Waals surface area contributed by atoms with E-state index in [1.54, 1.807) is 6.20 Å². The Hall–Kier alpha value is -5.51. The Bertz CT molecular complexity index is 2010. The lowest BCUT2D eigenvalue weighted by atomic mass is 10.0. The van der Waals surface area contributed by atoms with Crippen LogP contribution in [-0.4, -0.2) is 74.3 Å². The maximum Gasteiger partial charge on any atom is 0.356 e. The molecule has 0 radical (unpaired) electrons. The minimum atomic E-state index is -0.978. The lowest BCUT2D eigenvalue weighted by Crippen LogP contribution is -2.71. The molecular weight excluding hydrogens is 733 g/mol. The van der Waals surface area contributed by atoms with Crippen LogP contribution in [0.4, 0.5) is 5.13 Å². The molecule has 2 aromatic carbocycles. The molecule has 2 N–H and O–H groups in total. The number of amides is 3. The number of fused-ring (bicyclic) bond motifs is 1. The van der Waals surface area contributed by atoms with Gasteiger partial charge < -0.3 is 20.2 Å². The number of thioether (sulfide) groups is 2. The molecule has 2 aliphatic heterocycles. The third-order valence-electron chi connectivity index (χ3n) is 8.00. The number of hydrogen-bond donors (Lipinski definition) is 2. The number of aromatic nitrogens is 2. The predicted molar refractivity (Wildman–Crippen MR) is 208 cm³/mol. The number of aryl methyl sites for hydroxylation is 1. The van der Waals surface area contributed by atoms with Crippen LogP contribution < -0.4 is 10.6 Å². The molecule has 6 rings (SSSR count). The molecule has 270 valence electrons. The fraction of sp³-hybridized carbons (Fsp3) is 0.184. The third-order valence-corrected chi connectivity index (χ3v) is 11.0. The van der Waals surface area contributed by atoms with Crippen molar-refractivity contribution in [2.45, 2.75) is 24.4 Å². The fourth-order valence-electron chi connectivity index (χ4n) is 5.45. The molecule has 0 aliphatic carbocycles. The maximum atomic E-state index is 14.3. The van der Waals surface area contributed by atoms with Crippen molar-refractivity contribution in [3.8, 4) is 0 Å². The van der Waals surface area contributed by atoms with Crippen LogP contribution in [0.15, 0.2) is 119 Å². The topological polar surface area (TPSA) is 152 Å². The summed E-state index contributed by atoms with van der Waals surface area (Å²) in [6.45, 7) is 5.54. The zero-order chi connectivity index (χ0) is 37.2. The molecule has 1 fully saturated rings. The number of benzene rings is 2. The second kappa shape index (κ2) is 17.8. The Morgan fingerprint density at radius 2 is 1.85 bits per heavy atom. The van der Waals surface area contributed by atoms with Crippen molar-refractivity contribution in [1.29, 1.82) is 0 Å². The van der Waals surface area contributed by atoms with Gasteiger partial charge in [0.25, 0.3) is 11.8 Å². The first-order chi connectivity index (χ1) is 25.9. The van der Waals surface area contributed by atoms with Gasteiger partial charge in [-0.15, -0.1) is 34.9 Å². The van der Waals surface area contributed by atoms with Gasteiger partial charge in [-0.1, -0.05) is 84.5 Å². The van der Waals surface area contributed by atoms with Gasteiger partial charge in [0.15, 0.2) is 16.9 Å². The molecule has 53 heavy (non-hydrogen) atoms. The number of thiazole rings is 1. The Balaban J connectivity index is 1.26. The number of oxime groups is 1. The van der Waals surface area contributed by atoms with Gasteiger partial charge in [0.05, 0.1) is 0 Å². The number of pyridine rings is 1. The van der Waals surface area contributed by atoms with Gasteiger partial charge in [-0.2, -0.15) is 0 Å². The van der Waals surface area contributed by atoms with E-state index in [1.165, 1.54) is 39.9 Å². The number of ether oxygens (including phenoxy) is 1. The van der Waals surface area contributed by atoms with Crippen molar-refractivity contribution in [3.63, 3.8) is 0 Å². The van der Waals surface area contributed by atoms with Crippen molar-refractivity contribution in [2.24, 2.45) is 5.16 Å². The highest BCUT2D eigenvalue weighted by molar-refractivity contribution is 8.02. The van der Waals surface area contributed by atoms with E-state index in [1.807, 2.05) is 91.2 Å². The van der Waals surface area contributed by atoms with Gasteiger partial charge in [0.1, 0.15) is 29.4 Å². The Labute approximate surface area is 318 Å². The Morgan fingerprint density at radius 3 is 2.51 bits per heavy atom. The third kappa shape index (κ3) is 8.93. The minimum Gasteiger partial charge on any atom is -0.448 e. The number of anilines is 1. The van der Waals surface area contributed by atoms with Crippen LogP contribution >= 0.6 is 34.9 Å². The van der Waals surface area contributed by atoms with Gasteiger partial charge in [-0.25, -0.2) is 9.78 Å². The summed E-state index contributed by atoms with van der Waals surface area (Å²) >= 11 is 4.01. The largest absolute Gasteiger partial charge is 0.448 e. The standard InChI is InChI=1S/C38H34N6O6S3/c1-3-17-49-43-30(29-22-53-38(41-29)40-23-45)34(46)42-31-35(47)44-32(28(21-52-36(31)44)20-51-18-16-25-15-14-24(2)39-19-25)37(48)50-33(26-10-6-4-7-11-26)27-12-8-5-9-13-27/h3-16,18-19,22-23,31,33,36H,1,17,20-21H2,2H3,(H,42,46)(H,40,41,45)/b18-16-,43-30?/t31?,36-/m1/s1. The first-order valence-corrected chi connectivity index (χ1v) is 19.3. The summed E-state index contributed by atoms with van der Waals surface area (Å²) in [6, 6.07) is 21.8. The van der Waals surface area contributed by atoms with E-state index in [9.17, 15) is 19.2 Å². The number of rotatable bonds is 16. The van der Waals surface area contributed by atoms with Gasteiger partial charge in [0.2, 0.25) is 6.41 Å². The highest BCUT2D eigenvalue weighted by Crippen LogP contribution is 2.42. The summed E-state index contributed by atoms with van der Waals surface area (Å²) in [7, 11) is 0. The Morgan fingerprint density at radius 1 is 1.11 bits per heavy atom. The normalized spacial score (nSPS) is 16.9. The lowest BCUT2D eigenvalue weighted by Gasteiger charge is -2.49. The summed E-state index contributed by atoms with van der Waals surface area (Å²) in [4.78, 5) is 68.0. The zero-order valence-electron chi connectivity index (χ0n) is 28.4. The summed E-state index contributed by atoms with van der Waals surface area (Å²) in [5.41, 5.74) is 4.25. The van der Waals surface area contributed by atoms with Crippen molar-refractivity contribution < 1.29 is 28.8 Å². The highest BCUT2D eigenvalue weighted by Gasteiger charge is 2.55. The molecule has 2 atom stereocenters. The van der Waals surface area contributed by atoms with E-state index in [2.05, 4.69) is 32.3 Å². The number of β-lactam (4-membered cyclic amide) rings is 1. The van der Waals surface area contributed by atoms with Crippen LogP contribution in [0.3, 0.4) is 0 Å². The van der Waals surface area contributed by atoms with Crippen molar-refractivity contribution in [3.05, 3.63) is 142 Å². The minimum absolute atomic E-state index is 0.0239. The first-order valence-electron chi connectivity index (χ1n) is 16.3. The number of carbonyl (C=O) groups is 4. The molecule has 2 aliphatic rings. The average Bonchev–Trinajstić information content (AvgIpc) is 3.65. The molecule has 0 bridgehead atoms. The van der Waals surface area contributed by atoms with Gasteiger partial charge in [-0.3, -0.25) is 24.3 Å². The van der Waals surface area contributed by atoms with E-state index in [0.717, 1.165) is 39.3 Å². The molecule has 4 aromatic rings. The number of hydrogen-bond acceptors (Lipinski definition) is 12. The van der Waals surface area contributed by atoms with Crippen molar-refractivity contribution in [2.75, 3.05) is 23.4 Å². The average molecular weight is 767 g/mol. The van der Waals surface area contributed by atoms with Gasteiger partial charge in [0, 0.05) is 28.8 Å². The monoisotopic (exact) mass is 766 g/mol. The molecule has 1 saturated heterocycles. The smallest absolute Gasteiger partial charge is 0.356 e. The van der Waals surface area contributed by atoms with Crippen LogP contribution in [-0.2, 0) is 28.8 Å². The van der Waals surface area contributed by atoms with E-state index in [4.69, 9.17) is 9.57 Å². The Kier molecular flexibility index (Phi) is 12.5. The van der Waals surface area contributed by atoms with Gasteiger partial charge in [-0.05, 0) is 46.7 Å². The van der Waals surface area contributed by atoms with Gasteiger partial charge >= 0.3 is 5.97 Å². The zero-order valence-corrected chi connectivity index (χ0v) is 30.9. The molecule has 3 amide bonds. The number of carbonyl (C=O) groups excluding carboxylic acids is 4. The van der Waals surface area contributed by atoms with E-state index in [-0.39, 0.29) is 28.8 Å². The van der Waals surface area contributed by atoms with Crippen LogP contribution in [0, 0.1) is 6.92 Å². The lowest BCUT2D eigenvalue weighted by molar-refractivity contribution is -0.154. The second-order valence-electron chi connectivity index (χ2n) is 11.6. The fourth-order valence-corrected chi connectivity index (χ4v) is 8.37. The highest BCUT2D eigenvalue weighted by atomic mass is 32.2. The predicted octanol–water partition coefficient (Wildman–Crippen LogP) is 5.71. The molecule has 4 heterocycles. The van der Waals surface area contributed by atoms with Crippen molar-refractivity contribution in [1.82, 2.24) is 20.2 Å². The number of nitrogens with zero attached hydrogens (tertiary/aromatic N) is 4. The summed E-state index contributed by atoms with van der Waals surface area (Å²) in [5.74, 6) is -1.01. The summed E-state index contributed by atoms with van der Waals surface area (Å²) in [5, 5.41) is 12.3. The molecule has 0 spiro atoms. The molecular formula is C38H34N6O6S3. The second-order valence-corrected chi connectivity index (χ2v) is 14.4. The number of esters is 1. The van der Waals surface area contributed by atoms with Crippen LogP contribution in [0.2, 0.25) is 0 Å². The summed E-state index contributed by atoms with van der Waals surface area (Å²) in [6.07, 6.45) is 4.93. The van der Waals surface area contributed by atoms with Crippen LogP contribution in [0.25, 0.3) is 6.08 Å². The van der Waals surface area contributed by atoms with E-state index in [0.29, 0.717) is 17.9 Å². The molecule has 15 heteroatoms. The molecule has 12 nitrogen and oxygen atoms in total. The van der Waals surface area contributed by atoms with E-state index >= 15 is 0 Å². The number of nitrogens with one attached hydrogen (secondary N) is 2. The maximum absolute atomic E-state index is 14.3.